The van der Waals surface area contributed by atoms with Gasteiger partial charge in [-0.2, -0.15) is 0 Å². The topological polar surface area (TPSA) is 113 Å². The van der Waals surface area contributed by atoms with Gasteiger partial charge in [0.05, 0.1) is 23.5 Å². The number of benzene rings is 1. The summed E-state index contributed by atoms with van der Waals surface area (Å²) in [5.74, 6) is -0.301. The molecule has 2 aromatic rings. The van der Waals surface area contributed by atoms with E-state index in [0.717, 1.165) is 5.69 Å². The minimum Gasteiger partial charge on any atom is -0.374 e. The van der Waals surface area contributed by atoms with Crippen LogP contribution in [0.25, 0.3) is 0 Å². The van der Waals surface area contributed by atoms with Crippen LogP contribution in [0.4, 0.5) is 11.4 Å². The van der Waals surface area contributed by atoms with Gasteiger partial charge in [-0.05, 0) is 12.1 Å². The Bertz CT molecular complexity index is 624. The van der Waals surface area contributed by atoms with Crippen molar-refractivity contribution in [3.63, 3.8) is 0 Å². The van der Waals surface area contributed by atoms with Gasteiger partial charge in [-0.15, -0.1) is 0 Å². The van der Waals surface area contributed by atoms with Crippen LogP contribution in [0, 0.1) is 10.1 Å². The molecule has 0 radical (unpaired) electrons. The number of H-pyrrole nitrogens is 1. The zero-order chi connectivity index (χ0) is 14.5. The number of aromatic nitrogens is 2. The van der Waals surface area contributed by atoms with Crippen molar-refractivity contribution in [3.8, 4) is 0 Å². The predicted molar refractivity (Wildman–Crippen MR) is 72.4 cm³/mol. The first kappa shape index (κ1) is 13.5. The van der Waals surface area contributed by atoms with Gasteiger partial charge in [-0.25, -0.2) is 4.98 Å². The van der Waals surface area contributed by atoms with Crippen molar-refractivity contribution >= 4 is 17.3 Å². The molecule has 3 N–H and O–H groups in total. The maximum absolute atomic E-state index is 11.6. The molecule has 0 aliphatic rings. The fourth-order valence-corrected chi connectivity index (χ4v) is 1.69. The van der Waals surface area contributed by atoms with Gasteiger partial charge >= 0.3 is 0 Å². The fraction of sp³-hybridized carbons (Fsp3) is 0.167. The third kappa shape index (κ3) is 2.91. The van der Waals surface area contributed by atoms with Crippen LogP contribution in [0.15, 0.2) is 30.7 Å². The van der Waals surface area contributed by atoms with E-state index in [-0.39, 0.29) is 17.3 Å². The molecule has 8 nitrogen and oxygen atoms in total. The van der Waals surface area contributed by atoms with Crippen LogP contribution < -0.4 is 10.6 Å². The van der Waals surface area contributed by atoms with Gasteiger partial charge in [-0.1, -0.05) is 0 Å². The van der Waals surface area contributed by atoms with Crippen molar-refractivity contribution in [2.45, 2.75) is 6.54 Å². The van der Waals surface area contributed by atoms with E-state index in [1.54, 1.807) is 6.20 Å². The van der Waals surface area contributed by atoms with Crippen molar-refractivity contribution < 1.29 is 9.72 Å². The first-order chi connectivity index (χ1) is 9.61. The standard InChI is InChI=1S/C12H13N5O3/c1-13-12(18)8-2-3-11(17(19)20)10(4-8)15-6-9-5-14-7-16-9/h2-5,7,15H,6H2,1H3,(H,13,18)(H,14,16). The van der Waals surface area contributed by atoms with E-state index in [1.807, 2.05) is 0 Å². The van der Waals surface area contributed by atoms with E-state index in [9.17, 15) is 14.9 Å². The molecule has 104 valence electrons. The number of aromatic amines is 1. The molecule has 0 spiro atoms. The Kier molecular flexibility index (Phi) is 3.94. The monoisotopic (exact) mass is 275 g/mol. The summed E-state index contributed by atoms with van der Waals surface area (Å²) in [5, 5.41) is 16.4. The summed E-state index contributed by atoms with van der Waals surface area (Å²) in [6.45, 7) is 0.345. The van der Waals surface area contributed by atoms with Crippen LogP contribution in [0.1, 0.15) is 16.1 Å². The number of hydrogen-bond donors (Lipinski definition) is 3. The molecular formula is C12H13N5O3. The molecule has 2 rings (SSSR count). The molecule has 0 aliphatic carbocycles. The summed E-state index contributed by atoms with van der Waals surface area (Å²) in [4.78, 5) is 28.8. The minimum absolute atomic E-state index is 0.0860. The van der Waals surface area contributed by atoms with E-state index in [4.69, 9.17) is 0 Å². The Morgan fingerprint density at radius 2 is 2.30 bits per heavy atom. The molecule has 0 aliphatic heterocycles. The van der Waals surface area contributed by atoms with Crippen molar-refractivity contribution in [2.24, 2.45) is 0 Å². The lowest BCUT2D eigenvalue weighted by Crippen LogP contribution is -2.18. The molecule has 0 saturated carbocycles. The second-order valence-corrected chi connectivity index (χ2v) is 4.00. The molecule has 0 saturated heterocycles. The largest absolute Gasteiger partial charge is 0.374 e. The Morgan fingerprint density at radius 3 is 2.90 bits per heavy atom. The van der Waals surface area contributed by atoms with Crippen LogP contribution in [0.2, 0.25) is 0 Å². The third-order valence-corrected chi connectivity index (χ3v) is 2.71. The number of nitro groups is 1. The van der Waals surface area contributed by atoms with Crippen LogP contribution in [-0.4, -0.2) is 27.8 Å². The summed E-state index contributed by atoms with van der Waals surface area (Å²) in [6.07, 6.45) is 3.13. The molecule has 0 unspecified atom stereocenters. The van der Waals surface area contributed by atoms with Crippen molar-refractivity contribution in [3.05, 3.63) is 52.1 Å². The molecule has 0 atom stereocenters. The van der Waals surface area contributed by atoms with Crippen molar-refractivity contribution in [1.82, 2.24) is 15.3 Å². The summed E-state index contributed by atoms with van der Waals surface area (Å²) >= 11 is 0. The molecule has 20 heavy (non-hydrogen) atoms. The Balaban J connectivity index is 2.26. The summed E-state index contributed by atoms with van der Waals surface area (Å²) in [5.41, 5.74) is 1.33. The lowest BCUT2D eigenvalue weighted by molar-refractivity contribution is -0.384. The summed E-state index contributed by atoms with van der Waals surface area (Å²) in [6, 6.07) is 4.17. The van der Waals surface area contributed by atoms with E-state index in [1.165, 1.54) is 31.6 Å². The van der Waals surface area contributed by atoms with Gasteiger partial charge in [0.15, 0.2) is 0 Å². The normalized spacial score (nSPS) is 10.1. The van der Waals surface area contributed by atoms with Crippen LogP contribution in [0.5, 0.6) is 0 Å². The number of anilines is 1. The van der Waals surface area contributed by atoms with Crippen molar-refractivity contribution in [2.75, 3.05) is 12.4 Å². The first-order valence-electron chi connectivity index (χ1n) is 5.83. The number of carbonyl (C=O) groups is 1. The smallest absolute Gasteiger partial charge is 0.292 e. The number of imidazole rings is 1. The number of rotatable bonds is 5. The van der Waals surface area contributed by atoms with E-state index < -0.39 is 4.92 Å². The van der Waals surface area contributed by atoms with Crippen LogP contribution >= 0.6 is 0 Å². The molecule has 1 amide bonds. The number of amides is 1. The van der Waals surface area contributed by atoms with Gasteiger partial charge in [0, 0.05) is 24.9 Å². The van der Waals surface area contributed by atoms with Gasteiger partial charge < -0.3 is 15.6 Å². The second kappa shape index (κ2) is 5.83. The number of hydrogen-bond acceptors (Lipinski definition) is 5. The lowest BCUT2D eigenvalue weighted by atomic mass is 10.1. The Morgan fingerprint density at radius 1 is 1.50 bits per heavy atom. The molecule has 0 bridgehead atoms. The Hall–Kier alpha value is -2.90. The number of nitrogens with zero attached hydrogens (tertiary/aromatic N) is 2. The van der Waals surface area contributed by atoms with E-state index in [0.29, 0.717) is 12.1 Å². The lowest BCUT2D eigenvalue weighted by Gasteiger charge is -2.08. The van der Waals surface area contributed by atoms with Gasteiger partial charge in [0.25, 0.3) is 11.6 Å². The number of carbonyl (C=O) groups excluding carboxylic acids is 1. The highest BCUT2D eigenvalue weighted by Gasteiger charge is 2.16. The molecule has 1 aromatic carbocycles. The zero-order valence-corrected chi connectivity index (χ0v) is 10.7. The average Bonchev–Trinajstić information content (AvgIpc) is 2.97. The minimum atomic E-state index is -0.497. The third-order valence-electron chi connectivity index (χ3n) is 2.71. The van der Waals surface area contributed by atoms with Crippen LogP contribution in [0.3, 0.4) is 0 Å². The van der Waals surface area contributed by atoms with E-state index in [2.05, 4.69) is 20.6 Å². The SMILES string of the molecule is CNC(=O)c1ccc([N+](=O)[O-])c(NCc2cnc[nH]2)c1. The number of nitro benzene ring substituents is 1. The highest BCUT2D eigenvalue weighted by molar-refractivity contribution is 5.95. The number of nitrogens with one attached hydrogen (secondary N) is 3. The highest BCUT2D eigenvalue weighted by Crippen LogP contribution is 2.25. The fourth-order valence-electron chi connectivity index (χ4n) is 1.69. The quantitative estimate of drug-likeness (QED) is 0.562. The first-order valence-corrected chi connectivity index (χ1v) is 5.83. The average molecular weight is 275 g/mol. The maximum Gasteiger partial charge on any atom is 0.292 e. The predicted octanol–water partition coefficient (Wildman–Crippen LogP) is 1.29. The van der Waals surface area contributed by atoms with Crippen LogP contribution in [-0.2, 0) is 6.54 Å². The molecule has 8 heteroatoms. The molecule has 0 fully saturated rings. The summed E-state index contributed by atoms with van der Waals surface area (Å²) in [7, 11) is 1.50. The highest BCUT2D eigenvalue weighted by atomic mass is 16.6. The van der Waals surface area contributed by atoms with Gasteiger partial charge in [0.1, 0.15) is 5.69 Å². The maximum atomic E-state index is 11.6. The Labute approximate surface area is 114 Å². The van der Waals surface area contributed by atoms with E-state index >= 15 is 0 Å². The zero-order valence-electron chi connectivity index (χ0n) is 10.7. The second-order valence-electron chi connectivity index (χ2n) is 4.00. The molecular weight excluding hydrogens is 262 g/mol. The molecule has 1 aromatic heterocycles. The summed E-state index contributed by atoms with van der Waals surface area (Å²) < 4.78 is 0. The van der Waals surface area contributed by atoms with Gasteiger partial charge in [-0.3, -0.25) is 14.9 Å². The van der Waals surface area contributed by atoms with Gasteiger partial charge in [0.2, 0.25) is 0 Å². The van der Waals surface area contributed by atoms with Crippen molar-refractivity contribution in [1.29, 1.82) is 0 Å². The molecule has 1 heterocycles.